The number of aliphatic hydroxyl groups excluding tert-OH is 1. The Labute approximate surface area is 95.2 Å². The summed E-state index contributed by atoms with van der Waals surface area (Å²) in [5.41, 5.74) is 1.14. The first kappa shape index (κ1) is 11.6. The minimum Gasteiger partial charge on any atom is -0.386 e. The third kappa shape index (κ3) is 2.81. The van der Waals surface area contributed by atoms with Gasteiger partial charge in [0, 0.05) is 5.56 Å². The summed E-state index contributed by atoms with van der Waals surface area (Å²) in [7, 11) is -3.03. The molecule has 16 heavy (non-hydrogen) atoms. The van der Waals surface area contributed by atoms with Crippen LogP contribution in [-0.4, -0.2) is 37.2 Å². The third-order valence-electron chi connectivity index (χ3n) is 2.86. The summed E-state index contributed by atoms with van der Waals surface area (Å²) in [4.78, 5) is 0. The van der Waals surface area contributed by atoms with E-state index >= 15 is 0 Å². The second-order valence-corrected chi connectivity index (χ2v) is 6.39. The molecule has 0 radical (unpaired) electrons. The molecule has 0 spiro atoms. The van der Waals surface area contributed by atoms with Crippen LogP contribution in [0.1, 0.15) is 5.56 Å². The van der Waals surface area contributed by atoms with Crippen molar-refractivity contribution in [2.75, 3.05) is 11.5 Å². The zero-order valence-electron chi connectivity index (χ0n) is 8.91. The highest BCUT2D eigenvalue weighted by Crippen LogP contribution is 2.09. The van der Waals surface area contributed by atoms with E-state index in [1.165, 1.54) is 0 Å². The minimum absolute atomic E-state index is 0.0843. The topological polar surface area (TPSA) is 71.0 Å². The van der Waals surface area contributed by atoms with Crippen LogP contribution in [0.15, 0.2) is 30.3 Å². The quantitative estimate of drug-likeness (QED) is 0.707. The molecular weight excluding hydrogens is 226 g/mol. The zero-order valence-corrected chi connectivity index (χ0v) is 9.73. The van der Waals surface area contributed by atoms with Gasteiger partial charge in [-0.3, -0.25) is 0 Å². The van der Waals surface area contributed by atoms with Crippen molar-refractivity contribution in [1.82, 2.24) is 0 Å². The highest BCUT2D eigenvalue weighted by Gasteiger charge is 2.38. The van der Waals surface area contributed by atoms with Crippen LogP contribution >= 0.6 is 0 Å². The average molecular weight is 242 g/mol. The van der Waals surface area contributed by atoms with Gasteiger partial charge in [-0.05, 0) is 0 Å². The van der Waals surface area contributed by atoms with Crippen LogP contribution in [0.4, 0.5) is 0 Å². The molecular formula is C11H16NO3S+. The molecule has 1 aliphatic heterocycles. The van der Waals surface area contributed by atoms with E-state index in [-0.39, 0.29) is 17.5 Å². The Hall–Kier alpha value is -0.910. The molecule has 1 fully saturated rings. The standard InChI is InChI=1S/C11H15NO3S/c13-11-8-16(14,15)7-10(11)12-6-9-4-2-1-3-5-9/h1-5,10-13H,6-8H2/p+1. The Morgan fingerprint density at radius 3 is 2.50 bits per heavy atom. The number of quaternary nitrogens is 1. The van der Waals surface area contributed by atoms with Crippen LogP contribution in [0.2, 0.25) is 0 Å². The SMILES string of the molecule is O=S1(=O)CC(O)C([NH2+]Cc2ccccc2)C1. The van der Waals surface area contributed by atoms with Crippen molar-refractivity contribution in [3.05, 3.63) is 35.9 Å². The van der Waals surface area contributed by atoms with Crippen molar-refractivity contribution in [3.8, 4) is 0 Å². The minimum atomic E-state index is -3.03. The lowest BCUT2D eigenvalue weighted by Crippen LogP contribution is -2.91. The Morgan fingerprint density at radius 2 is 1.94 bits per heavy atom. The fourth-order valence-electron chi connectivity index (χ4n) is 1.98. The molecule has 2 rings (SSSR count). The summed E-state index contributed by atoms with van der Waals surface area (Å²) in [6.45, 7) is 0.706. The summed E-state index contributed by atoms with van der Waals surface area (Å²) >= 11 is 0. The van der Waals surface area contributed by atoms with E-state index in [4.69, 9.17) is 0 Å². The summed E-state index contributed by atoms with van der Waals surface area (Å²) < 4.78 is 22.6. The lowest BCUT2D eigenvalue weighted by atomic mass is 10.2. The molecule has 5 heteroatoms. The van der Waals surface area contributed by atoms with Gasteiger partial charge in [-0.15, -0.1) is 0 Å². The van der Waals surface area contributed by atoms with Gasteiger partial charge < -0.3 is 10.4 Å². The number of aliphatic hydroxyl groups is 1. The highest BCUT2D eigenvalue weighted by molar-refractivity contribution is 7.91. The molecule has 88 valence electrons. The van der Waals surface area contributed by atoms with E-state index < -0.39 is 15.9 Å². The predicted molar refractivity (Wildman–Crippen MR) is 60.5 cm³/mol. The second-order valence-electron chi connectivity index (χ2n) is 4.23. The Morgan fingerprint density at radius 1 is 1.25 bits per heavy atom. The predicted octanol–water partition coefficient (Wildman–Crippen LogP) is -1.09. The molecule has 2 atom stereocenters. The summed E-state index contributed by atoms with van der Waals surface area (Å²) in [5, 5.41) is 11.5. The molecule has 0 amide bonds. The Balaban J connectivity index is 1.92. The average Bonchev–Trinajstić information content (AvgIpc) is 2.50. The fourth-order valence-corrected chi connectivity index (χ4v) is 3.83. The van der Waals surface area contributed by atoms with Crippen molar-refractivity contribution >= 4 is 9.84 Å². The van der Waals surface area contributed by atoms with Crippen molar-refractivity contribution in [2.24, 2.45) is 0 Å². The van der Waals surface area contributed by atoms with Crippen molar-refractivity contribution in [1.29, 1.82) is 0 Å². The smallest absolute Gasteiger partial charge is 0.159 e. The van der Waals surface area contributed by atoms with Crippen LogP contribution in [0.25, 0.3) is 0 Å². The maximum atomic E-state index is 11.3. The number of sulfone groups is 1. The molecule has 0 bridgehead atoms. The van der Waals surface area contributed by atoms with Crippen LogP contribution in [-0.2, 0) is 16.4 Å². The largest absolute Gasteiger partial charge is 0.386 e. The van der Waals surface area contributed by atoms with E-state index in [0.29, 0.717) is 6.54 Å². The molecule has 0 aromatic heterocycles. The molecule has 1 aliphatic rings. The zero-order chi connectivity index (χ0) is 11.6. The lowest BCUT2D eigenvalue weighted by Gasteiger charge is -2.11. The van der Waals surface area contributed by atoms with Gasteiger partial charge in [-0.1, -0.05) is 30.3 Å². The molecule has 1 aromatic rings. The molecule has 4 nitrogen and oxygen atoms in total. The first-order chi connectivity index (χ1) is 7.57. The third-order valence-corrected chi connectivity index (χ3v) is 4.61. The van der Waals surface area contributed by atoms with Gasteiger partial charge in [0.25, 0.3) is 0 Å². The number of hydrogen-bond donors (Lipinski definition) is 2. The van der Waals surface area contributed by atoms with E-state index in [9.17, 15) is 13.5 Å². The van der Waals surface area contributed by atoms with Gasteiger partial charge in [0.15, 0.2) is 9.84 Å². The summed E-state index contributed by atoms with van der Waals surface area (Å²) in [6, 6.07) is 9.61. The van der Waals surface area contributed by atoms with Crippen molar-refractivity contribution in [2.45, 2.75) is 18.7 Å². The maximum Gasteiger partial charge on any atom is 0.159 e. The van der Waals surface area contributed by atoms with Gasteiger partial charge in [0.2, 0.25) is 0 Å². The second kappa shape index (κ2) is 4.53. The van der Waals surface area contributed by atoms with Gasteiger partial charge in [0.1, 0.15) is 24.4 Å². The Bertz CT molecular complexity index is 444. The number of hydrogen-bond acceptors (Lipinski definition) is 3. The number of rotatable bonds is 3. The first-order valence-electron chi connectivity index (χ1n) is 5.32. The molecule has 0 aliphatic carbocycles. The van der Waals surface area contributed by atoms with Crippen LogP contribution in [0.5, 0.6) is 0 Å². The first-order valence-corrected chi connectivity index (χ1v) is 7.15. The molecule has 0 saturated carbocycles. The van der Waals surface area contributed by atoms with Crippen LogP contribution < -0.4 is 5.32 Å². The monoisotopic (exact) mass is 242 g/mol. The van der Waals surface area contributed by atoms with E-state index in [0.717, 1.165) is 5.56 Å². The summed E-state index contributed by atoms with van der Waals surface area (Å²) in [5.74, 6) is -0.00996. The molecule has 1 heterocycles. The molecule has 1 aromatic carbocycles. The van der Waals surface area contributed by atoms with Crippen LogP contribution in [0, 0.1) is 0 Å². The van der Waals surface area contributed by atoms with Gasteiger partial charge in [-0.2, -0.15) is 0 Å². The lowest BCUT2D eigenvalue weighted by molar-refractivity contribution is -0.705. The molecule has 1 saturated heterocycles. The number of benzene rings is 1. The van der Waals surface area contributed by atoms with Gasteiger partial charge >= 0.3 is 0 Å². The fraction of sp³-hybridized carbons (Fsp3) is 0.455. The maximum absolute atomic E-state index is 11.3. The van der Waals surface area contributed by atoms with Crippen molar-refractivity contribution in [3.63, 3.8) is 0 Å². The molecule has 3 N–H and O–H groups in total. The van der Waals surface area contributed by atoms with Crippen molar-refractivity contribution < 1.29 is 18.8 Å². The molecule has 2 unspecified atom stereocenters. The van der Waals surface area contributed by atoms with Crippen LogP contribution in [0.3, 0.4) is 0 Å². The summed E-state index contributed by atoms with van der Waals surface area (Å²) in [6.07, 6.45) is -0.728. The normalized spacial score (nSPS) is 28.1. The van der Waals surface area contributed by atoms with E-state index in [1.54, 1.807) is 0 Å². The Kier molecular flexibility index (Phi) is 3.28. The van der Waals surface area contributed by atoms with Gasteiger partial charge in [-0.25, -0.2) is 8.42 Å². The van der Waals surface area contributed by atoms with E-state index in [2.05, 4.69) is 0 Å². The number of nitrogens with two attached hydrogens (primary N) is 1. The van der Waals surface area contributed by atoms with Gasteiger partial charge in [0.05, 0.1) is 5.75 Å². The van der Waals surface area contributed by atoms with E-state index in [1.807, 2.05) is 35.6 Å². The highest BCUT2D eigenvalue weighted by atomic mass is 32.2.